The van der Waals surface area contributed by atoms with E-state index in [1.54, 1.807) is 25.6 Å². The average molecular weight is 451 g/mol. The van der Waals surface area contributed by atoms with Crippen LogP contribution in [0.1, 0.15) is 16.1 Å². The van der Waals surface area contributed by atoms with E-state index >= 15 is 0 Å². The fourth-order valence-corrected chi connectivity index (χ4v) is 3.82. The summed E-state index contributed by atoms with van der Waals surface area (Å²) in [5.41, 5.74) is 3.43. The number of hydrogen-bond donors (Lipinski definition) is 2. The monoisotopic (exact) mass is 451 g/mol. The van der Waals surface area contributed by atoms with Crippen molar-refractivity contribution in [2.24, 2.45) is 0 Å². The van der Waals surface area contributed by atoms with Crippen molar-refractivity contribution < 1.29 is 23.8 Å². The van der Waals surface area contributed by atoms with E-state index in [2.05, 4.69) is 10.3 Å². The van der Waals surface area contributed by atoms with Gasteiger partial charge in [0, 0.05) is 24.6 Å². The van der Waals surface area contributed by atoms with Crippen LogP contribution in [0.15, 0.2) is 48.8 Å². The number of hydrogen-bond acceptors (Lipinski definition) is 8. The Morgan fingerprint density at radius 3 is 2.67 bits per heavy atom. The highest BCUT2D eigenvalue weighted by atomic mass is 16.5. The van der Waals surface area contributed by atoms with Crippen LogP contribution in [0.3, 0.4) is 0 Å². The number of ether oxygens (including phenoxy) is 3. The molecule has 0 aliphatic carbocycles. The number of nitrogen functional groups attached to an aromatic ring is 1. The molecule has 3 aromatic rings. The molecule has 1 aliphatic heterocycles. The highest BCUT2D eigenvalue weighted by molar-refractivity contribution is 6.09. The Labute approximate surface area is 190 Å². The standard InChI is InChI=1S/C23H25N5O5/c1-31-10-11-33-19-12-25-9-8-16(19)22-21(26-15-6-4-3-5-7-15)20-17(28(22)24)13-27(14-18(20)29)23(30)32-2/h3-9,12,26H,10-11,13-14,24H2,1-2H3. The molecule has 33 heavy (non-hydrogen) atoms. The van der Waals surface area contributed by atoms with Gasteiger partial charge in [0.25, 0.3) is 0 Å². The number of fused-ring (bicyclic) bond motifs is 1. The number of benzene rings is 1. The number of carbonyl (C=O) groups excluding carboxylic acids is 2. The first kappa shape index (κ1) is 22.2. The number of pyridine rings is 1. The summed E-state index contributed by atoms with van der Waals surface area (Å²) >= 11 is 0. The predicted octanol–water partition coefficient (Wildman–Crippen LogP) is 2.80. The minimum Gasteiger partial charge on any atom is -0.489 e. The highest BCUT2D eigenvalue weighted by Crippen LogP contribution is 2.42. The van der Waals surface area contributed by atoms with Gasteiger partial charge in [-0.2, -0.15) is 0 Å². The number of amides is 1. The molecule has 1 aromatic carbocycles. The summed E-state index contributed by atoms with van der Waals surface area (Å²) < 4.78 is 17.2. The van der Waals surface area contributed by atoms with Gasteiger partial charge < -0.3 is 25.4 Å². The van der Waals surface area contributed by atoms with E-state index in [1.165, 1.54) is 16.7 Å². The molecule has 10 nitrogen and oxygen atoms in total. The average Bonchev–Trinajstić information content (AvgIpc) is 3.11. The van der Waals surface area contributed by atoms with E-state index < -0.39 is 6.09 Å². The number of aromatic nitrogens is 2. The first-order chi connectivity index (χ1) is 16.0. The summed E-state index contributed by atoms with van der Waals surface area (Å²) in [6.07, 6.45) is 2.62. The van der Waals surface area contributed by atoms with Crippen molar-refractivity contribution in [2.45, 2.75) is 6.54 Å². The fourth-order valence-electron chi connectivity index (χ4n) is 3.82. The summed E-state index contributed by atoms with van der Waals surface area (Å²) in [5.74, 6) is 6.79. The van der Waals surface area contributed by atoms with E-state index in [4.69, 9.17) is 20.1 Å². The summed E-state index contributed by atoms with van der Waals surface area (Å²) in [7, 11) is 2.87. The van der Waals surface area contributed by atoms with E-state index in [0.29, 0.717) is 47.2 Å². The first-order valence-corrected chi connectivity index (χ1v) is 10.3. The molecule has 1 aliphatic rings. The molecular formula is C23H25N5O5. The Balaban J connectivity index is 1.87. The SMILES string of the molecule is COCCOc1cnccc1-c1c(Nc2ccccc2)c2c(n1N)CN(C(=O)OC)CC2=O. The first-order valence-electron chi connectivity index (χ1n) is 10.3. The maximum atomic E-state index is 13.2. The summed E-state index contributed by atoms with van der Waals surface area (Å²) in [4.78, 5) is 30.8. The molecule has 0 fully saturated rings. The normalized spacial score (nSPS) is 12.9. The number of nitrogens with zero attached hydrogens (tertiary/aromatic N) is 3. The number of rotatable bonds is 7. The van der Waals surface area contributed by atoms with Crippen LogP contribution < -0.4 is 15.9 Å². The molecule has 10 heteroatoms. The van der Waals surface area contributed by atoms with Crippen molar-refractivity contribution in [3.63, 3.8) is 0 Å². The third kappa shape index (κ3) is 4.33. The van der Waals surface area contributed by atoms with Gasteiger partial charge in [0.1, 0.15) is 12.4 Å². The zero-order chi connectivity index (χ0) is 23.4. The van der Waals surface area contributed by atoms with E-state index in [-0.39, 0.29) is 18.9 Å². The zero-order valence-corrected chi connectivity index (χ0v) is 18.4. The Kier molecular flexibility index (Phi) is 6.45. The lowest BCUT2D eigenvalue weighted by Crippen LogP contribution is -2.40. The van der Waals surface area contributed by atoms with E-state index in [1.807, 2.05) is 30.3 Å². The minimum absolute atomic E-state index is 0.111. The molecule has 2 aromatic heterocycles. The molecule has 3 N–H and O–H groups in total. The Hall–Kier alpha value is -4.05. The van der Waals surface area contributed by atoms with Crippen LogP contribution in [-0.4, -0.2) is 60.4 Å². The summed E-state index contributed by atoms with van der Waals surface area (Å²) in [6.45, 7) is 0.728. The van der Waals surface area contributed by atoms with Crippen molar-refractivity contribution in [3.05, 3.63) is 60.0 Å². The van der Waals surface area contributed by atoms with Crippen LogP contribution in [0.4, 0.5) is 16.2 Å². The van der Waals surface area contributed by atoms with Crippen molar-refractivity contribution in [1.82, 2.24) is 14.6 Å². The van der Waals surface area contributed by atoms with Crippen LogP contribution >= 0.6 is 0 Å². The van der Waals surface area contributed by atoms with E-state index in [9.17, 15) is 9.59 Å². The van der Waals surface area contributed by atoms with Crippen molar-refractivity contribution in [1.29, 1.82) is 0 Å². The number of methoxy groups -OCH3 is 2. The lowest BCUT2D eigenvalue weighted by atomic mass is 10.0. The van der Waals surface area contributed by atoms with Gasteiger partial charge in [-0.1, -0.05) is 18.2 Å². The number of carbonyl (C=O) groups is 2. The topological polar surface area (TPSA) is 121 Å². The van der Waals surface area contributed by atoms with Crippen LogP contribution in [0.25, 0.3) is 11.3 Å². The molecule has 0 saturated heterocycles. The second-order valence-electron chi connectivity index (χ2n) is 7.37. The van der Waals surface area contributed by atoms with Crippen LogP contribution in [0, 0.1) is 0 Å². The molecule has 0 unspecified atom stereocenters. The molecule has 0 saturated carbocycles. The maximum absolute atomic E-state index is 13.2. The third-order valence-corrected chi connectivity index (χ3v) is 5.32. The van der Waals surface area contributed by atoms with Crippen LogP contribution in [0.5, 0.6) is 5.75 Å². The second-order valence-corrected chi connectivity index (χ2v) is 7.37. The molecule has 1 amide bonds. The van der Waals surface area contributed by atoms with Crippen molar-refractivity contribution in [2.75, 3.05) is 45.1 Å². The quantitative estimate of drug-likeness (QED) is 0.416. The predicted molar refractivity (Wildman–Crippen MR) is 122 cm³/mol. The Bertz CT molecular complexity index is 1160. The number of para-hydroxylation sites is 1. The molecule has 0 bridgehead atoms. The molecular weight excluding hydrogens is 426 g/mol. The smallest absolute Gasteiger partial charge is 0.410 e. The third-order valence-electron chi connectivity index (χ3n) is 5.32. The molecule has 172 valence electrons. The highest BCUT2D eigenvalue weighted by Gasteiger charge is 2.36. The zero-order valence-electron chi connectivity index (χ0n) is 18.4. The Morgan fingerprint density at radius 2 is 1.94 bits per heavy atom. The van der Waals surface area contributed by atoms with Crippen molar-refractivity contribution in [3.8, 4) is 17.0 Å². The minimum atomic E-state index is -0.596. The lowest BCUT2D eigenvalue weighted by Gasteiger charge is -2.25. The van der Waals surface area contributed by atoms with E-state index in [0.717, 1.165) is 5.69 Å². The lowest BCUT2D eigenvalue weighted by molar-refractivity contribution is 0.0837. The number of ketones is 1. The van der Waals surface area contributed by atoms with Gasteiger partial charge in [-0.15, -0.1) is 0 Å². The number of nitrogens with two attached hydrogens (primary N) is 1. The van der Waals surface area contributed by atoms with Gasteiger partial charge >= 0.3 is 6.09 Å². The van der Waals surface area contributed by atoms with Crippen molar-refractivity contribution >= 4 is 23.3 Å². The van der Waals surface area contributed by atoms with Crippen LogP contribution in [-0.2, 0) is 16.0 Å². The molecule has 0 spiro atoms. The number of Topliss-reactive ketones (excluding diaryl/α,β-unsaturated/α-hetero) is 1. The molecule has 0 atom stereocenters. The number of nitrogens with one attached hydrogen (secondary N) is 1. The van der Waals surface area contributed by atoms with Gasteiger partial charge in [-0.25, -0.2) is 4.79 Å². The molecule has 3 heterocycles. The fraction of sp³-hybridized carbons (Fsp3) is 0.261. The van der Waals surface area contributed by atoms with Gasteiger partial charge in [0.15, 0.2) is 5.78 Å². The molecule has 4 rings (SSSR count). The second kappa shape index (κ2) is 9.61. The largest absolute Gasteiger partial charge is 0.489 e. The van der Waals surface area contributed by atoms with Crippen LogP contribution in [0.2, 0.25) is 0 Å². The maximum Gasteiger partial charge on any atom is 0.410 e. The number of anilines is 2. The van der Waals surface area contributed by atoms with Gasteiger partial charge in [0.2, 0.25) is 0 Å². The van der Waals surface area contributed by atoms with Gasteiger partial charge in [0.05, 0.1) is 55.6 Å². The summed E-state index contributed by atoms with van der Waals surface area (Å²) in [6, 6.07) is 11.2. The van der Waals surface area contributed by atoms with Gasteiger partial charge in [-0.05, 0) is 18.2 Å². The van der Waals surface area contributed by atoms with Gasteiger partial charge in [-0.3, -0.25) is 19.4 Å². The Morgan fingerprint density at radius 1 is 1.15 bits per heavy atom. The molecule has 0 radical (unpaired) electrons. The summed E-state index contributed by atoms with van der Waals surface area (Å²) in [5, 5.41) is 3.35.